The van der Waals surface area contributed by atoms with Crippen molar-refractivity contribution in [3.8, 4) is 5.75 Å². The van der Waals surface area contributed by atoms with Crippen LogP contribution < -0.4 is 4.74 Å². The summed E-state index contributed by atoms with van der Waals surface area (Å²) in [6, 6.07) is 7.52. The third-order valence-electron chi connectivity index (χ3n) is 3.46. The highest BCUT2D eigenvalue weighted by Gasteiger charge is 2.13. The second-order valence-corrected chi connectivity index (χ2v) is 6.70. The fourth-order valence-electron chi connectivity index (χ4n) is 2.14. The van der Waals surface area contributed by atoms with Gasteiger partial charge in [0.25, 0.3) is 5.91 Å². The summed E-state index contributed by atoms with van der Waals surface area (Å²) in [5, 5.41) is 3.74. The molecule has 0 bridgehead atoms. The fraction of sp³-hybridized carbons (Fsp3) is 0.444. The minimum absolute atomic E-state index is 0.115. The highest BCUT2D eigenvalue weighted by atomic mass is 32.2. The number of hydrogen-bond donors (Lipinski definition) is 0. The predicted molar refractivity (Wildman–Crippen MR) is 100 cm³/mol. The average molecular weight is 393 g/mol. The van der Waals surface area contributed by atoms with Crippen molar-refractivity contribution < 1.29 is 23.6 Å². The number of aryl methyl sites for hydroxylation is 1. The van der Waals surface area contributed by atoms with Crippen LogP contribution in [0.4, 0.5) is 0 Å². The number of nitrogens with zero attached hydrogens (tertiary/aromatic N) is 3. The number of carbonyl (C=O) groups is 2. The lowest BCUT2D eigenvalue weighted by molar-refractivity contribution is -0.149. The smallest absolute Gasteiger partial charge is 0.316 e. The Kier molecular flexibility index (Phi) is 8.12. The average Bonchev–Trinajstić information content (AvgIpc) is 3.06. The number of ether oxygens (including phenoxy) is 2. The first-order valence-corrected chi connectivity index (χ1v) is 9.61. The van der Waals surface area contributed by atoms with Gasteiger partial charge >= 0.3 is 5.97 Å². The van der Waals surface area contributed by atoms with Crippen LogP contribution in [-0.2, 0) is 26.6 Å². The Labute approximate surface area is 162 Å². The molecule has 2 rings (SSSR count). The molecule has 1 amide bonds. The van der Waals surface area contributed by atoms with E-state index in [-0.39, 0.29) is 18.3 Å². The van der Waals surface area contributed by atoms with Crippen LogP contribution in [0.2, 0.25) is 0 Å². The molecule has 0 aliphatic heterocycles. The molecular weight excluding hydrogens is 370 g/mol. The molecule has 1 heterocycles. The SMILES string of the molecule is CCOc1ccc(CN(C)C(=O)COC(=O)CSCc2noc(C)n2)cc1. The number of thioether (sulfide) groups is 1. The molecule has 8 nitrogen and oxygen atoms in total. The zero-order valence-electron chi connectivity index (χ0n) is 15.6. The van der Waals surface area contributed by atoms with Gasteiger partial charge in [0.1, 0.15) is 5.75 Å². The molecular formula is C18H23N3O5S. The minimum atomic E-state index is -0.456. The van der Waals surface area contributed by atoms with Gasteiger partial charge in [-0.2, -0.15) is 4.98 Å². The number of aromatic nitrogens is 2. The summed E-state index contributed by atoms with van der Waals surface area (Å²) in [6.45, 7) is 4.37. The first kappa shape index (κ1) is 20.8. The number of amides is 1. The van der Waals surface area contributed by atoms with E-state index in [0.29, 0.717) is 30.6 Å². The summed E-state index contributed by atoms with van der Waals surface area (Å²) in [6.07, 6.45) is 0. The number of hydrogen-bond acceptors (Lipinski definition) is 8. The summed E-state index contributed by atoms with van der Waals surface area (Å²) < 4.78 is 15.3. The van der Waals surface area contributed by atoms with Crippen molar-refractivity contribution in [2.45, 2.75) is 26.1 Å². The van der Waals surface area contributed by atoms with Gasteiger partial charge < -0.3 is 18.9 Å². The Morgan fingerprint density at radius 2 is 2.00 bits per heavy atom. The first-order valence-electron chi connectivity index (χ1n) is 8.46. The molecule has 0 aliphatic rings. The van der Waals surface area contributed by atoms with Crippen LogP contribution in [0.3, 0.4) is 0 Å². The van der Waals surface area contributed by atoms with E-state index < -0.39 is 5.97 Å². The van der Waals surface area contributed by atoms with Crippen LogP contribution in [-0.4, -0.2) is 52.9 Å². The van der Waals surface area contributed by atoms with Crippen LogP contribution in [0.25, 0.3) is 0 Å². The number of carbonyl (C=O) groups excluding carboxylic acids is 2. The van der Waals surface area contributed by atoms with E-state index in [1.54, 1.807) is 14.0 Å². The molecule has 0 saturated carbocycles. The van der Waals surface area contributed by atoms with Crippen LogP contribution in [0.1, 0.15) is 24.2 Å². The van der Waals surface area contributed by atoms with Gasteiger partial charge in [0.2, 0.25) is 5.89 Å². The number of rotatable bonds is 10. The van der Waals surface area contributed by atoms with Gasteiger partial charge in [0, 0.05) is 20.5 Å². The molecule has 0 unspecified atom stereocenters. The van der Waals surface area contributed by atoms with Gasteiger partial charge in [-0.05, 0) is 24.6 Å². The standard InChI is InChI=1S/C18H23N3O5S/c1-4-24-15-7-5-14(6-8-15)9-21(3)17(22)10-25-18(23)12-27-11-16-19-13(2)26-20-16/h5-8H,4,9-12H2,1-3H3. The van der Waals surface area contributed by atoms with Gasteiger partial charge in [-0.15, -0.1) is 11.8 Å². The highest BCUT2D eigenvalue weighted by molar-refractivity contribution is 7.99. The Hall–Kier alpha value is -2.55. The molecule has 0 atom stereocenters. The molecule has 1 aromatic heterocycles. The molecule has 0 radical (unpaired) electrons. The first-order chi connectivity index (χ1) is 13.0. The van der Waals surface area contributed by atoms with Crippen molar-refractivity contribution >= 4 is 23.6 Å². The normalized spacial score (nSPS) is 10.5. The third-order valence-corrected chi connectivity index (χ3v) is 4.36. The molecule has 1 aromatic carbocycles. The van der Waals surface area contributed by atoms with Crippen LogP contribution in [0.5, 0.6) is 5.75 Å². The van der Waals surface area contributed by atoms with Crippen LogP contribution in [0.15, 0.2) is 28.8 Å². The molecule has 0 spiro atoms. The lowest BCUT2D eigenvalue weighted by Crippen LogP contribution is -2.31. The van der Waals surface area contributed by atoms with Crippen molar-refractivity contribution in [1.29, 1.82) is 0 Å². The summed E-state index contributed by atoms with van der Waals surface area (Å²) in [4.78, 5) is 29.4. The van der Waals surface area contributed by atoms with Gasteiger partial charge in [-0.1, -0.05) is 17.3 Å². The highest BCUT2D eigenvalue weighted by Crippen LogP contribution is 2.13. The minimum Gasteiger partial charge on any atom is -0.494 e. The molecule has 0 aliphatic carbocycles. The second-order valence-electron chi connectivity index (χ2n) is 5.71. The molecule has 0 N–H and O–H groups in total. The quantitative estimate of drug-likeness (QED) is 0.567. The summed E-state index contributed by atoms with van der Waals surface area (Å²) in [7, 11) is 1.67. The Morgan fingerprint density at radius 1 is 1.26 bits per heavy atom. The summed E-state index contributed by atoms with van der Waals surface area (Å²) >= 11 is 1.30. The Bertz CT molecular complexity index is 748. The fourth-order valence-corrected chi connectivity index (χ4v) is 2.79. The second kappa shape index (κ2) is 10.6. The monoisotopic (exact) mass is 393 g/mol. The third kappa shape index (κ3) is 7.30. The van der Waals surface area contributed by atoms with Crippen molar-refractivity contribution in [1.82, 2.24) is 15.0 Å². The number of benzene rings is 1. The van der Waals surface area contributed by atoms with Crippen molar-refractivity contribution in [3.63, 3.8) is 0 Å². The molecule has 146 valence electrons. The Morgan fingerprint density at radius 3 is 2.63 bits per heavy atom. The van der Waals surface area contributed by atoms with E-state index in [2.05, 4.69) is 10.1 Å². The van der Waals surface area contributed by atoms with E-state index in [4.69, 9.17) is 14.0 Å². The molecule has 0 saturated heterocycles. The predicted octanol–water partition coefficient (Wildman–Crippen LogP) is 2.21. The lowest BCUT2D eigenvalue weighted by Gasteiger charge is -2.17. The number of likely N-dealkylation sites (N-methyl/N-ethyl adjacent to an activating group) is 1. The largest absolute Gasteiger partial charge is 0.494 e. The van der Waals surface area contributed by atoms with Gasteiger partial charge in [-0.3, -0.25) is 9.59 Å². The zero-order valence-corrected chi connectivity index (χ0v) is 16.5. The maximum Gasteiger partial charge on any atom is 0.316 e. The topological polar surface area (TPSA) is 94.8 Å². The van der Waals surface area contributed by atoms with E-state index in [0.717, 1.165) is 11.3 Å². The molecule has 9 heteroatoms. The summed E-state index contributed by atoms with van der Waals surface area (Å²) in [5.41, 5.74) is 0.964. The van der Waals surface area contributed by atoms with Crippen molar-refractivity contribution in [3.05, 3.63) is 41.5 Å². The Balaban J connectivity index is 1.66. The lowest BCUT2D eigenvalue weighted by atomic mass is 10.2. The maximum absolute atomic E-state index is 12.1. The van der Waals surface area contributed by atoms with E-state index >= 15 is 0 Å². The molecule has 0 fully saturated rings. The van der Waals surface area contributed by atoms with E-state index in [1.807, 2.05) is 31.2 Å². The van der Waals surface area contributed by atoms with E-state index in [1.165, 1.54) is 16.7 Å². The molecule has 27 heavy (non-hydrogen) atoms. The van der Waals surface area contributed by atoms with Crippen LogP contribution in [0, 0.1) is 6.92 Å². The number of esters is 1. The maximum atomic E-state index is 12.1. The zero-order chi connectivity index (χ0) is 19.6. The van der Waals surface area contributed by atoms with Gasteiger partial charge in [0.15, 0.2) is 12.4 Å². The van der Waals surface area contributed by atoms with Crippen LogP contribution >= 0.6 is 11.8 Å². The summed E-state index contributed by atoms with van der Waals surface area (Å²) in [5.74, 6) is 1.63. The van der Waals surface area contributed by atoms with Gasteiger partial charge in [0.05, 0.1) is 18.1 Å². The van der Waals surface area contributed by atoms with Gasteiger partial charge in [-0.25, -0.2) is 0 Å². The van der Waals surface area contributed by atoms with Crippen molar-refractivity contribution in [2.75, 3.05) is 26.0 Å². The van der Waals surface area contributed by atoms with Crippen molar-refractivity contribution in [2.24, 2.45) is 0 Å². The molecule has 2 aromatic rings. The van der Waals surface area contributed by atoms with E-state index in [9.17, 15) is 9.59 Å².